The molecule has 1 aliphatic rings. The molecular formula is C15H15NS. The highest BCUT2D eigenvalue weighted by atomic mass is 32.2. The van der Waals surface area contributed by atoms with Gasteiger partial charge in [0.25, 0.3) is 0 Å². The van der Waals surface area contributed by atoms with E-state index in [1.807, 2.05) is 11.8 Å². The van der Waals surface area contributed by atoms with Crippen LogP contribution >= 0.6 is 11.8 Å². The van der Waals surface area contributed by atoms with Gasteiger partial charge in [0.05, 0.1) is 5.54 Å². The van der Waals surface area contributed by atoms with Crippen molar-refractivity contribution < 1.29 is 0 Å². The minimum Gasteiger partial charge on any atom is -0.375 e. The predicted molar refractivity (Wildman–Crippen MR) is 73.7 cm³/mol. The summed E-state index contributed by atoms with van der Waals surface area (Å²) in [4.78, 5) is 2.64. The molecule has 0 saturated heterocycles. The summed E-state index contributed by atoms with van der Waals surface area (Å²) >= 11 is 1.84. The van der Waals surface area contributed by atoms with E-state index in [-0.39, 0.29) is 5.54 Å². The van der Waals surface area contributed by atoms with E-state index in [2.05, 4.69) is 67.7 Å². The van der Waals surface area contributed by atoms with Gasteiger partial charge in [0, 0.05) is 15.5 Å². The van der Waals surface area contributed by atoms with E-state index in [9.17, 15) is 0 Å². The maximum Gasteiger partial charge on any atom is 0.0580 e. The Morgan fingerprint density at radius 3 is 2.35 bits per heavy atom. The summed E-state index contributed by atoms with van der Waals surface area (Å²) in [5.74, 6) is 0. The third-order valence-corrected chi connectivity index (χ3v) is 4.27. The van der Waals surface area contributed by atoms with E-state index in [1.54, 1.807) is 0 Å². The standard InChI is InChI=1S/C15H15NS/c1-15(2)11-7-3-5-9-13(11)17-14-10-6-4-8-12(14)16-15/h3-10,16H,1-2H3. The smallest absolute Gasteiger partial charge is 0.0580 e. The van der Waals surface area contributed by atoms with Crippen molar-refractivity contribution in [2.24, 2.45) is 0 Å². The fourth-order valence-electron chi connectivity index (χ4n) is 2.25. The van der Waals surface area contributed by atoms with Gasteiger partial charge in [-0.1, -0.05) is 42.1 Å². The van der Waals surface area contributed by atoms with E-state index in [0.717, 1.165) is 0 Å². The maximum atomic E-state index is 3.63. The summed E-state index contributed by atoms with van der Waals surface area (Å²) in [6.45, 7) is 4.46. The highest BCUT2D eigenvalue weighted by molar-refractivity contribution is 7.99. The molecule has 86 valence electrons. The molecule has 0 unspecified atom stereocenters. The fraction of sp³-hybridized carbons (Fsp3) is 0.200. The highest BCUT2D eigenvalue weighted by Crippen LogP contribution is 2.43. The summed E-state index contributed by atoms with van der Waals surface area (Å²) in [6, 6.07) is 17.1. The minimum atomic E-state index is -0.0316. The van der Waals surface area contributed by atoms with E-state index in [4.69, 9.17) is 0 Å². The molecule has 0 amide bonds. The van der Waals surface area contributed by atoms with Gasteiger partial charge >= 0.3 is 0 Å². The summed E-state index contributed by atoms with van der Waals surface area (Å²) in [6.07, 6.45) is 0. The molecule has 2 aromatic rings. The van der Waals surface area contributed by atoms with Gasteiger partial charge < -0.3 is 5.32 Å². The Morgan fingerprint density at radius 2 is 1.53 bits per heavy atom. The molecule has 0 radical (unpaired) electrons. The van der Waals surface area contributed by atoms with Gasteiger partial charge in [0.2, 0.25) is 0 Å². The Balaban J connectivity index is 2.21. The molecule has 0 bridgehead atoms. The molecule has 0 aliphatic carbocycles. The van der Waals surface area contributed by atoms with Crippen LogP contribution in [0.2, 0.25) is 0 Å². The number of benzene rings is 2. The highest BCUT2D eigenvalue weighted by Gasteiger charge is 2.27. The minimum absolute atomic E-state index is 0.0316. The average Bonchev–Trinajstić information content (AvgIpc) is 2.42. The monoisotopic (exact) mass is 241 g/mol. The number of rotatable bonds is 0. The molecule has 1 heterocycles. The lowest BCUT2D eigenvalue weighted by Crippen LogP contribution is -2.27. The zero-order valence-electron chi connectivity index (χ0n) is 10.0. The first-order valence-corrected chi connectivity index (χ1v) is 6.63. The van der Waals surface area contributed by atoms with Crippen LogP contribution in [-0.2, 0) is 5.54 Å². The molecule has 0 spiro atoms. The third kappa shape index (κ3) is 1.83. The van der Waals surface area contributed by atoms with Crippen molar-refractivity contribution >= 4 is 17.4 Å². The first-order chi connectivity index (χ1) is 8.17. The molecule has 1 N–H and O–H groups in total. The van der Waals surface area contributed by atoms with E-state index >= 15 is 0 Å². The quantitative estimate of drug-likeness (QED) is 0.729. The maximum absolute atomic E-state index is 3.63. The van der Waals surface area contributed by atoms with Gasteiger partial charge in [-0.2, -0.15) is 0 Å². The molecule has 1 aliphatic heterocycles. The van der Waals surface area contributed by atoms with Crippen LogP contribution in [0.3, 0.4) is 0 Å². The van der Waals surface area contributed by atoms with Crippen molar-refractivity contribution in [2.45, 2.75) is 29.2 Å². The SMILES string of the molecule is CC1(C)Nc2ccccc2Sc2ccccc21. The van der Waals surface area contributed by atoms with Crippen LogP contribution < -0.4 is 5.32 Å². The second-order valence-electron chi connectivity index (χ2n) is 4.84. The number of hydrogen-bond donors (Lipinski definition) is 1. The van der Waals surface area contributed by atoms with Crippen LogP contribution in [0.5, 0.6) is 0 Å². The van der Waals surface area contributed by atoms with Crippen molar-refractivity contribution in [2.75, 3.05) is 5.32 Å². The predicted octanol–water partition coefficient (Wildman–Crippen LogP) is 4.50. The van der Waals surface area contributed by atoms with Crippen LogP contribution in [0.4, 0.5) is 5.69 Å². The molecule has 0 aromatic heterocycles. The zero-order valence-corrected chi connectivity index (χ0v) is 10.8. The van der Waals surface area contributed by atoms with E-state index < -0.39 is 0 Å². The van der Waals surface area contributed by atoms with Gasteiger partial charge in [-0.25, -0.2) is 0 Å². The lowest BCUT2D eigenvalue weighted by atomic mass is 9.94. The van der Waals surface area contributed by atoms with Crippen LogP contribution in [0, 0.1) is 0 Å². The molecular weight excluding hydrogens is 226 g/mol. The number of hydrogen-bond acceptors (Lipinski definition) is 2. The topological polar surface area (TPSA) is 12.0 Å². The number of anilines is 1. The lowest BCUT2D eigenvalue weighted by molar-refractivity contribution is 0.597. The Morgan fingerprint density at radius 1 is 0.882 bits per heavy atom. The van der Waals surface area contributed by atoms with Crippen molar-refractivity contribution in [3.63, 3.8) is 0 Å². The van der Waals surface area contributed by atoms with Gasteiger partial charge in [0.15, 0.2) is 0 Å². The Bertz CT molecular complexity index is 560. The number of para-hydroxylation sites is 1. The second kappa shape index (κ2) is 3.81. The second-order valence-corrected chi connectivity index (χ2v) is 5.93. The van der Waals surface area contributed by atoms with Crippen molar-refractivity contribution in [3.05, 3.63) is 54.1 Å². The fourth-order valence-corrected chi connectivity index (χ4v) is 3.45. The molecule has 0 fully saturated rings. The average molecular weight is 241 g/mol. The summed E-state index contributed by atoms with van der Waals surface area (Å²) in [5.41, 5.74) is 2.55. The van der Waals surface area contributed by atoms with Crippen LogP contribution in [0.1, 0.15) is 19.4 Å². The van der Waals surface area contributed by atoms with Crippen molar-refractivity contribution in [1.82, 2.24) is 0 Å². The number of fused-ring (bicyclic) bond motifs is 2. The molecule has 17 heavy (non-hydrogen) atoms. The van der Waals surface area contributed by atoms with Crippen molar-refractivity contribution in [1.29, 1.82) is 0 Å². The van der Waals surface area contributed by atoms with E-state index in [1.165, 1.54) is 21.0 Å². The molecule has 2 heteroatoms. The normalized spacial score (nSPS) is 16.4. The Kier molecular flexibility index (Phi) is 2.40. The van der Waals surface area contributed by atoms with Gasteiger partial charge in [0.1, 0.15) is 0 Å². The van der Waals surface area contributed by atoms with Crippen molar-refractivity contribution in [3.8, 4) is 0 Å². The zero-order chi connectivity index (χ0) is 11.9. The van der Waals surface area contributed by atoms with Gasteiger partial charge in [-0.05, 0) is 37.6 Å². The van der Waals surface area contributed by atoms with Crippen LogP contribution in [-0.4, -0.2) is 0 Å². The first-order valence-electron chi connectivity index (χ1n) is 5.81. The Labute approximate surface area is 106 Å². The first kappa shape index (κ1) is 10.7. The van der Waals surface area contributed by atoms with Crippen LogP contribution in [0.15, 0.2) is 58.3 Å². The number of nitrogens with one attached hydrogen (secondary N) is 1. The summed E-state index contributed by atoms with van der Waals surface area (Å²) < 4.78 is 0. The van der Waals surface area contributed by atoms with Gasteiger partial charge in [-0.15, -0.1) is 0 Å². The molecule has 0 atom stereocenters. The largest absolute Gasteiger partial charge is 0.375 e. The molecule has 3 rings (SSSR count). The lowest BCUT2D eigenvalue weighted by Gasteiger charge is -2.27. The summed E-state index contributed by atoms with van der Waals surface area (Å²) in [5, 5.41) is 3.63. The molecule has 1 nitrogen and oxygen atoms in total. The Hall–Kier alpha value is -1.41. The van der Waals surface area contributed by atoms with E-state index in [0.29, 0.717) is 0 Å². The third-order valence-electron chi connectivity index (χ3n) is 3.11. The summed E-state index contributed by atoms with van der Waals surface area (Å²) in [7, 11) is 0. The molecule has 0 saturated carbocycles. The van der Waals surface area contributed by atoms with Gasteiger partial charge in [-0.3, -0.25) is 0 Å². The van der Waals surface area contributed by atoms with Crippen LogP contribution in [0.25, 0.3) is 0 Å². The molecule has 2 aromatic carbocycles.